The van der Waals surface area contributed by atoms with Crippen LogP contribution in [0.3, 0.4) is 0 Å². The number of anilines is 2. The van der Waals surface area contributed by atoms with E-state index < -0.39 is 0 Å². The van der Waals surface area contributed by atoms with Crippen molar-refractivity contribution in [2.75, 3.05) is 11.6 Å². The lowest BCUT2D eigenvalue weighted by atomic mass is 10.2. The monoisotopic (exact) mass is 278 g/mol. The van der Waals surface area contributed by atoms with Gasteiger partial charge < -0.3 is 0 Å². The molecule has 0 atom stereocenters. The van der Waals surface area contributed by atoms with Gasteiger partial charge in [-0.25, -0.2) is 5.01 Å². The molecule has 0 N–H and O–H groups in total. The number of carbonyl (C=O) groups excluding carboxylic acids is 1. The fraction of sp³-hybridized carbons (Fsp3) is 0.0556. The predicted octanol–water partition coefficient (Wildman–Crippen LogP) is 3.94. The van der Waals surface area contributed by atoms with Crippen molar-refractivity contribution in [3.63, 3.8) is 0 Å². The molecular formula is C18H18N2O. The first kappa shape index (κ1) is 14.6. The van der Waals surface area contributed by atoms with Crippen LogP contribution in [0.25, 0.3) is 0 Å². The molecule has 0 heterocycles. The van der Waals surface area contributed by atoms with E-state index in [0.29, 0.717) is 6.54 Å². The van der Waals surface area contributed by atoms with Gasteiger partial charge >= 0.3 is 0 Å². The van der Waals surface area contributed by atoms with E-state index in [0.717, 1.165) is 11.4 Å². The van der Waals surface area contributed by atoms with Crippen LogP contribution in [-0.4, -0.2) is 17.5 Å². The van der Waals surface area contributed by atoms with Gasteiger partial charge in [0.15, 0.2) is 0 Å². The molecule has 0 aliphatic carbocycles. The minimum Gasteiger partial charge on any atom is -0.268 e. The first-order valence-corrected chi connectivity index (χ1v) is 6.73. The van der Waals surface area contributed by atoms with E-state index in [4.69, 9.17) is 0 Å². The predicted molar refractivity (Wildman–Crippen MR) is 87.1 cm³/mol. The lowest BCUT2D eigenvalue weighted by molar-refractivity contribution is -0.125. The Morgan fingerprint density at radius 2 is 1.38 bits per heavy atom. The third-order valence-corrected chi connectivity index (χ3v) is 2.97. The fourth-order valence-electron chi connectivity index (χ4n) is 2.06. The summed E-state index contributed by atoms with van der Waals surface area (Å²) < 4.78 is 0. The maximum absolute atomic E-state index is 12.2. The molecule has 0 unspecified atom stereocenters. The zero-order valence-electron chi connectivity index (χ0n) is 11.9. The standard InChI is InChI=1S/C18H18N2O/c1-3-15-19(18(21)4-2)20(16-11-7-5-8-12-16)17-13-9-6-10-14-17/h3-14H,1-2,15H2. The van der Waals surface area contributed by atoms with E-state index in [1.165, 1.54) is 6.08 Å². The van der Waals surface area contributed by atoms with Gasteiger partial charge in [-0.2, -0.15) is 0 Å². The Labute approximate surface area is 125 Å². The summed E-state index contributed by atoms with van der Waals surface area (Å²) in [5.74, 6) is -0.178. The van der Waals surface area contributed by atoms with E-state index in [1.54, 1.807) is 11.1 Å². The number of carbonyl (C=O) groups is 1. The van der Waals surface area contributed by atoms with Crippen LogP contribution in [0.5, 0.6) is 0 Å². The first-order chi connectivity index (χ1) is 10.3. The molecule has 0 saturated heterocycles. The van der Waals surface area contributed by atoms with Gasteiger partial charge in [-0.15, -0.1) is 6.58 Å². The molecule has 2 aromatic carbocycles. The van der Waals surface area contributed by atoms with Crippen molar-refractivity contribution >= 4 is 17.3 Å². The summed E-state index contributed by atoms with van der Waals surface area (Å²) in [7, 11) is 0. The second kappa shape index (κ2) is 7.10. The van der Waals surface area contributed by atoms with E-state index in [1.807, 2.05) is 65.7 Å². The number of hydrogen-bond donors (Lipinski definition) is 0. The Morgan fingerprint density at radius 1 is 0.905 bits per heavy atom. The van der Waals surface area contributed by atoms with Gasteiger partial charge in [0, 0.05) is 0 Å². The van der Waals surface area contributed by atoms with Gasteiger partial charge in [0.2, 0.25) is 0 Å². The number of rotatable bonds is 6. The van der Waals surface area contributed by atoms with Gasteiger partial charge in [0.25, 0.3) is 5.91 Å². The van der Waals surface area contributed by atoms with Crippen LogP contribution >= 0.6 is 0 Å². The SMILES string of the molecule is C=CCN(C(=O)C=C)N(c1ccccc1)c1ccccc1. The average Bonchev–Trinajstić information content (AvgIpc) is 2.55. The van der Waals surface area contributed by atoms with Crippen molar-refractivity contribution < 1.29 is 4.79 Å². The van der Waals surface area contributed by atoms with Crippen LogP contribution in [0.2, 0.25) is 0 Å². The van der Waals surface area contributed by atoms with Crippen LogP contribution in [0.4, 0.5) is 11.4 Å². The highest BCUT2D eigenvalue weighted by Gasteiger charge is 2.20. The topological polar surface area (TPSA) is 23.6 Å². The lowest BCUT2D eigenvalue weighted by Crippen LogP contribution is -2.43. The van der Waals surface area contributed by atoms with Crippen LogP contribution < -0.4 is 5.01 Å². The van der Waals surface area contributed by atoms with E-state index in [-0.39, 0.29) is 5.91 Å². The van der Waals surface area contributed by atoms with Crippen molar-refractivity contribution in [3.05, 3.63) is 86.0 Å². The summed E-state index contributed by atoms with van der Waals surface area (Å²) in [5.41, 5.74) is 1.81. The fourth-order valence-corrected chi connectivity index (χ4v) is 2.06. The first-order valence-electron chi connectivity index (χ1n) is 6.73. The van der Waals surface area contributed by atoms with Gasteiger partial charge in [-0.1, -0.05) is 49.1 Å². The Hall–Kier alpha value is -2.81. The summed E-state index contributed by atoms with van der Waals surface area (Å²) >= 11 is 0. The molecule has 106 valence electrons. The van der Waals surface area contributed by atoms with Crippen LogP contribution in [0.1, 0.15) is 0 Å². The second-order valence-electron chi connectivity index (χ2n) is 4.40. The average molecular weight is 278 g/mol. The molecular weight excluding hydrogens is 260 g/mol. The molecule has 0 radical (unpaired) electrons. The van der Waals surface area contributed by atoms with Crippen LogP contribution in [0.15, 0.2) is 86.0 Å². The highest BCUT2D eigenvalue weighted by Crippen LogP contribution is 2.27. The molecule has 0 aliphatic heterocycles. The molecule has 0 saturated carbocycles. The molecule has 2 aromatic rings. The Kier molecular flexibility index (Phi) is 4.94. The smallest absolute Gasteiger partial charge is 0.265 e. The van der Waals surface area contributed by atoms with Gasteiger partial charge in [0.05, 0.1) is 17.9 Å². The van der Waals surface area contributed by atoms with Crippen molar-refractivity contribution in [1.82, 2.24) is 5.01 Å². The summed E-state index contributed by atoms with van der Waals surface area (Å²) in [4.78, 5) is 12.2. The minimum absolute atomic E-state index is 0.178. The quantitative estimate of drug-likeness (QED) is 0.454. The summed E-state index contributed by atoms with van der Waals surface area (Å²) in [5, 5.41) is 3.47. The molecule has 1 amide bonds. The number of amides is 1. The van der Waals surface area contributed by atoms with Crippen molar-refractivity contribution in [3.8, 4) is 0 Å². The highest BCUT2D eigenvalue weighted by atomic mass is 16.2. The lowest BCUT2D eigenvalue weighted by Gasteiger charge is -2.35. The summed E-state index contributed by atoms with van der Waals surface area (Å²) in [6, 6.07) is 19.5. The number of benzene rings is 2. The second-order valence-corrected chi connectivity index (χ2v) is 4.40. The van der Waals surface area contributed by atoms with Crippen molar-refractivity contribution in [2.45, 2.75) is 0 Å². The molecule has 21 heavy (non-hydrogen) atoms. The largest absolute Gasteiger partial charge is 0.268 e. The number of hydrogen-bond acceptors (Lipinski definition) is 2. The van der Waals surface area contributed by atoms with Gasteiger partial charge in [-0.05, 0) is 30.3 Å². The Balaban J connectivity index is 2.51. The zero-order chi connectivity index (χ0) is 15.1. The molecule has 0 bridgehead atoms. The normalized spacial score (nSPS) is 9.71. The summed E-state index contributed by atoms with van der Waals surface area (Å²) in [6.07, 6.45) is 3.00. The molecule has 0 aliphatic rings. The zero-order valence-corrected chi connectivity index (χ0v) is 11.9. The van der Waals surface area contributed by atoms with Gasteiger partial charge in [-0.3, -0.25) is 9.80 Å². The van der Waals surface area contributed by atoms with E-state index >= 15 is 0 Å². The maximum Gasteiger partial charge on any atom is 0.265 e. The molecule has 3 heteroatoms. The summed E-state index contributed by atoms with van der Waals surface area (Å²) in [6.45, 7) is 7.71. The Morgan fingerprint density at radius 3 is 1.76 bits per heavy atom. The molecule has 2 rings (SSSR count). The van der Waals surface area contributed by atoms with E-state index in [2.05, 4.69) is 13.2 Å². The molecule has 3 nitrogen and oxygen atoms in total. The number of nitrogens with zero attached hydrogens (tertiary/aromatic N) is 2. The van der Waals surface area contributed by atoms with Crippen molar-refractivity contribution in [1.29, 1.82) is 0 Å². The Bertz CT molecular complexity index is 568. The minimum atomic E-state index is -0.178. The number of hydrazine groups is 1. The van der Waals surface area contributed by atoms with Gasteiger partial charge in [0.1, 0.15) is 0 Å². The van der Waals surface area contributed by atoms with E-state index in [9.17, 15) is 4.79 Å². The van der Waals surface area contributed by atoms with Crippen molar-refractivity contribution in [2.24, 2.45) is 0 Å². The molecule has 0 aromatic heterocycles. The van der Waals surface area contributed by atoms with Crippen LogP contribution in [0, 0.1) is 0 Å². The maximum atomic E-state index is 12.2. The third kappa shape index (κ3) is 3.39. The third-order valence-electron chi connectivity index (χ3n) is 2.97. The highest BCUT2D eigenvalue weighted by molar-refractivity contribution is 5.89. The molecule has 0 fully saturated rings. The van der Waals surface area contributed by atoms with Crippen LogP contribution in [-0.2, 0) is 4.79 Å². The number of para-hydroxylation sites is 2. The molecule has 0 spiro atoms.